The average Bonchev–Trinajstić information content (AvgIpc) is 2.29. The fraction of sp³-hybridized carbons (Fsp3) is 0.273. The van der Waals surface area contributed by atoms with Crippen molar-refractivity contribution in [3.63, 3.8) is 0 Å². The van der Waals surface area contributed by atoms with Crippen molar-refractivity contribution in [1.82, 2.24) is 5.32 Å². The molecule has 0 aromatic heterocycles. The van der Waals surface area contributed by atoms with Crippen molar-refractivity contribution in [2.24, 2.45) is 0 Å². The minimum atomic E-state index is -1.56. The van der Waals surface area contributed by atoms with E-state index < -0.39 is 35.8 Å². The Morgan fingerprint density at radius 1 is 1.35 bits per heavy atom. The number of hydrogen-bond acceptors (Lipinski definition) is 3. The molecule has 20 heavy (non-hydrogen) atoms. The number of aliphatic hydroxyl groups excluding tert-OH is 1. The Hall–Kier alpha value is -1.74. The number of hydrogen-bond donors (Lipinski definition) is 4. The molecule has 0 radical (unpaired) electrons. The molecule has 1 aromatic carbocycles. The van der Waals surface area contributed by atoms with E-state index in [4.69, 9.17) is 5.11 Å². The van der Waals surface area contributed by atoms with Gasteiger partial charge in [0.25, 0.3) is 0 Å². The zero-order valence-corrected chi connectivity index (χ0v) is 11.7. The van der Waals surface area contributed by atoms with Gasteiger partial charge in [-0.15, -0.1) is 0 Å². The van der Waals surface area contributed by atoms with Crippen LogP contribution in [-0.2, 0) is 4.79 Å². The lowest BCUT2D eigenvalue weighted by Gasteiger charge is -2.18. The molecule has 4 N–H and O–H groups in total. The first-order chi connectivity index (χ1) is 9.22. The number of carboxylic acids is 1. The van der Waals surface area contributed by atoms with Crippen LogP contribution in [0, 0.1) is 11.6 Å². The summed E-state index contributed by atoms with van der Waals surface area (Å²) >= 11 is 2.86. The highest BCUT2D eigenvalue weighted by Gasteiger charge is 2.25. The van der Waals surface area contributed by atoms with Crippen LogP contribution in [-0.4, -0.2) is 34.4 Å². The van der Waals surface area contributed by atoms with Crippen molar-refractivity contribution in [2.45, 2.75) is 19.1 Å². The molecule has 0 fully saturated rings. The van der Waals surface area contributed by atoms with Gasteiger partial charge in [0.2, 0.25) is 0 Å². The molecule has 6 nitrogen and oxygen atoms in total. The fourth-order valence-electron chi connectivity index (χ4n) is 1.34. The lowest BCUT2D eigenvalue weighted by molar-refractivity contribution is -0.141. The lowest BCUT2D eigenvalue weighted by atomic mass is 10.2. The number of carboxylic acid groups (broad SMARTS) is 1. The molecule has 0 saturated carbocycles. The zero-order valence-electron chi connectivity index (χ0n) is 10.2. The van der Waals surface area contributed by atoms with Gasteiger partial charge in [-0.1, -0.05) is 0 Å². The van der Waals surface area contributed by atoms with Crippen LogP contribution in [0.4, 0.5) is 19.3 Å². The summed E-state index contributed by atoms with van der Waals surface area (Å²) in [6.07, 6.45) is -1.35. The summed E-state index contributed by atoms with van der Waals surface area (Å²) in [5.41, 5.74) is -0.348. The van der Waals surface area contributed by atoms with Gasteiger partial charge in [0.1, 0.15) is 5.82 Å². The molecule has 9 heteroatoms. The smallest absolute Gasteiger partial charge is 0.328 e. The normalized spacial score (nSPS) is 13.4. The van der Waals surface area contributed by atoms with Crippen LogP contribution in [0.2, 0.25) is 0 Å². The molecule has 0 spiro atoms. The standard InChI is InChI=1S/C11H11BrF2N2O4/c1-4(17)8(10(18)19)15-11(20)16-9-6(12)2-5(13)3-7(9)14/h2-4,8,17H,1H3,(H,18,19)(H2,15,16,20). The van der Waals surface area contributed by atoms with Crippen LogP contribution in [0.5, 0.6) is 0 Å². The number of amides is 2. The second kappa shape index (κ2) is 6.62. The van der Waals surface area contributed by atoms with E-state index in [0.717, 1.165) is 6.07 Å². The van der Waals surface area contributed by atoms with Crippen molar-refractivity contribution in [3.8, 4) is 0 Å². The molecule has 1 aromatic rings. The van der Waals surface area contributed by atoms with E-state index in [-0.39, 0.29) is 10.2 Å². The summed E-state index contributed by atoms with van der Waals surface area (Å²) in [5, 5.41) is 21.9. The van der Waals surface area contributed by atoms with Crippen molar-refractivity contribution in [1.29, 1.82) is 0 Å². The van der Waals surface area contributed by atoms with E-state index in [1.165, 1.54) is 6.92 Å². The Labute approximate surface area is 120 Å². The first kappa shape index (κ1) is 16.3. The Morgan fingerprint density at radius 3 is 2.40 bits per heavy atom. The van der Waals surface area contributed by atoms with Crippen molar-refractivity contribution < 1.29 is 28.6 Å². The first-order valence-electron chi connectivity index (χ1n) is 5.35. The van der Waals surface area contributed by atoms with Crippen LogP contribution in [0.25, 0.3) is 0 Å². The average molecular weight is 353 g/mol. The largest absolute Gasteiger partial charge is 0.480 e. The molecule has 2 amide bonds. The third-order valence-corrected chi connectivity index (χ3v) is 2.91. The monoisotopic (exact) mass is 352 g/mol. The molecule has 1 rings (SSSR count). The van der Waals surface area contributed by atoms with Crippen molar-refractivity contribution >= 4 is 33.6 Å². The molecule has 0 aliphatic heterocycles. The van der Waals surface area contributed by atoms with E-state index >= 15 is 0 Å². The van der Waals surface area contributed by atoms with E-state index in [1.54, 1.807) is 0 Å². The Kier molecular flexibility index (Phi) is 5.40. The van der Waals surface area contributed by atoms with Crippen molar-refractivity contribution in [2.75, 3.05) is 5.32 Å². The zero-order chi connectivity index (χ0) is 15.4. The van der Waals surface area contributed by atoms with E-state index in [2.05, 4.69) is 15.9 Å². The summed E-state index contributed by atoms with van der Waals surface area (Å²) in [7, 11) is 0. The number of nitrogens with one attached hydrogen (secondary N) is 2. The molecule has 0 aliphatic carbocycles. The minimum absolute atomic E-state index is 0.0472. The number of benzene rings is 1. The van der Waals surface area contributed by atoms with E-state index in [0.29, 0.717) is 6.07 Å². The van der Waals surface area contributed by atoms with E-state index in [9.17, 15) is 23.5 Å². The maximum absolute atomic E-state index is 13.4. The highest BCUT2D eigenvalue weighted by atomic mass is 79.9. The quantitative estimate of drug-likeness (QED) is 0.662. The predicted molar refractivity (Wildman–Crippen MR) is 69.3 cm³/mol. The SMILES string of the molecule is CC(O)C(NC(=O)Nc1c(F)cc(F)cc1Br)C(=O)O. The summed E-state index contributed by atoms with van der Waals surface area (Å²) in [6.45, 7) is 1.17. The Bertz CT molecular complexity index is 516. The number of carbonyl (C=O) groups excluding carboxylic acids is 1. The minimum Gasteiger partial charge on any atom is -0.480 e. The van der Waals surface area contributed by atoms with Gasteiger partial charge < -0.3 is 20.8 Å². The van der Waals surface area contributed by atoms with Gasteiger partial charge >= 0.3 is 12.0 Å². The van der Waals surface area contributed by atoms with Crippen LogP contribution in [0.3, 0.4) is 0 Å². The third kappa shape index (κ3) is 4.14. The molecule has 0 saturated heterocycles. The van der Waals surface area contributed by atoms with Gasteiger partial charge in [0.15, 0.2) is 11.9 Å². The molecule has 0 aliphatic rings. The van der Waals surface area contributed by atoms with Crippen LogP contribution in [0.15, 0.2) is 16.6 Å². The van der Waals surface area contributed by atoms with Gasteiger partial charge in [-0.05, 0) is 28.9 Å². The Morgan fingerprint density at radius 2 is 1.95 bits per heavy atom. The number of urea groups is 1. The fourth-order valence-corrected chi connectivity index (χ4v) is 1.85. The third-order valence-electron chi connectivity index (χ3n) is 2.28. The number of carbonyl (C=O) groups is 2. The van der Waals surface area contributed by atoms with Gasteiger partial charge in [-0.3, -0.25) is 0 Å². The van der Waals surface area contributed by atoms with E-state index in [1.807, 2.05) is 10.6 Å². The first-order valence-corrected chi connectivity index (χ1v) is 6.14. The highest BCUT2D eigenvalue weighted by Crippen LogP contribution is 2.26. The number of halogens is 3. The number of anilines is 1. The molecular weight excluding hydrogens is 342 g/mol. The van der Waals surface area contributed by atoms with Crippen LogP contribution >= 0.6 is 15.9 Å². The van der Waals surface area contributed by atoms with Crippen molar-refractivity contribution in [3.05, 3.63) is 28.2 Å². The predicted octanol–water partition coefficient (Wildman–Crippen LogP) is 1.68. The number of rotatable bonds is 4. The molecule has 110 valence electrons. The van der Waals surface area contributed by atoms with Gasteiger partial charge in [-0.2, -0.15) is 0 Å². The second-order valence-corrected chi connectivity index (χ2v) is 4.75. The Balaban J connectivity index is 2.84. The molecule has 2 unspecified atom stereocenters. The summed E-state index contributed by atoms with van der Waals surface area (Å²) in [6, 6.07) is -1.12. The highest BCUT2D eigenvalue weighted by molar-refractivity contribution is 9.10. The maximum Gasteiger partial charge on any atom is 0.328 e. The van der Waals surface area contributed by atoms with Crippen LogP contribution in [0.1, 0.15) is 6.92 Å². The maximum atomic E-state index is 13.4. The van der Waals surface area contributed by atoms with Gasteiger partial charge in [0, 0.05) is 10.5 Å². The van der Waals surface area contributed by atoms with Crippen LogP contribution < -0.4 is 10.6 Å². The van der Waals surface area contributed by atoms with Gasteiger partial charge in [-0.25, -0.2) is 18.4 Å². The summed E-state index contributed by atoms with van der Waals surface area (Å²) in [5.74, 6) is -3.32. The van der Waals surface area contributed by atoms with Gasteiger partial charge in [0.05, 0.1) is 11.8 Å². The summed E-state index contributed by atoms with van der Waals surface area (Å²) < 4.78 is 26.3. The molecular formula is C11H11BrF2N2O4. The molecule has 0 heterocycles. The lowest BCUT2D eigenvalue weighted by Crippen LogP contribution is -2.49. The second-order valence-electron chi connectivity index (χ2n) is 3.90. The summed E-state index contributed by atoms with van der Waals surface area (Å²) in [4.78, 5) is 22.3. The topological polar surface area (TPSA) is 98.7 Å². The molecule has 2 atom stereocenters. The number of aliphatic hydroxyl groups is 1. The number of aliphatic carboxylic acids is 1. The molecule has 0 bridgehead atoms.